The highest BCUT2D eigenvalue weighted by atomic mass is 19.1. The van der Waals surface area contributed by atoms with Gasteiger partial charge in [0.15, 0.2) is 0 Å². The van der Waals surface area contributed by atoms with Gasteiger partial charge < -0.3 is 10.2 Å². The molecule has 27 heavy (non-hydrogen) atoms. The fourth-order valence-corrected chi connectivity index (χ4v) is 4.03. The lowest BCUT2D eigenvalue weighted by Gasteiger charge is -2.37. The Bertz CT molecular complexity index is 824. The van der Waals surface area contributed by atoms with Crippen molar-refractivity contribution in [1.29, 1.82) is 0 Å². The van der Waals surface area contributed by atoms with Crippen LogP contribution in [0, 0.1) is 12.7 Å². The zero-order valence-electron chi connectivity index (χ0n) is 15.7. The zero-order chi connectivity index (χ0) is 18.8. The summed E-state index contributed by atoms with van der Waals surface area (Å²) in [5.74, 6) is -0.157. The lowest BCUT2D eigenvalue weighted by Crippen LogP contribution is -2.52. The first-order valence-corrected chi connectivity index (χ1v) is 9.72. The molecule has 2 aromatic rings. The summed E-state index contributed by atoms with van der Waals surface area (Å²) in [6, 6.07) is 13.3. The highest BCUT2D eigenvalue weighted by molar-refractivity contribution is 5.95. The molecule has 1 N–H and O–H groups in total. The van der Waals surface area contributed by atoms with Crippen LogP contribution in [0.1, 0.15) is 22.3 Å². The normalized spacial score (nSPS) is 20.8. The summed E-state index contributed by atoms with van der Waals surface area (Å²) in [6.45, 7) is 7.29. The molecule has 1 atom stereocenters. The smallest absolute Gasteiger partial charge is 0.253 e. The van der Waals surface area contributed by atoms with E-state index in [0.29, 0.717) is 17.2 Å². The lowest BCUT2D eigenvalue weighted by molar-refractivity contribution is 0.0584. The van der Waals surface area contributed by atoms with Crippen LogP contribution < -0.4 is 5.32 Å². The van der Waals surface area contributed by atoms with Gasteiger partial charge in [0.05, 0.1) is 0 Å². The fraction of sp³-hybridized carbons (Fsp3) is 0.409. The van der Waals surface area contributed by atoms with E-state index in [-0.39, 0.29) is 11.7 Å². The fourth-order valence-electron chi connectivity index (χ4n) is 4.03. The number of benzene rings is 2. The largest absolute Gasteiger partial charge is 0.336 e. The highest BCUT2D eigenvalue weighted by Crippen LogP contribution is 2.24. The van der Waals surface area contributed by atoms with E-state index in [2.05, 4.69) is 10.2 Å². The van der Waals surface area contributed by atoms with Crippen molar-refractivity contribution < 1.29 is 9.18 Å². The minimum Gasteiger partial charge on any atom is -0.336 e. The van der Waals surface area contributed by atoms with Gasteiger partial charge in [-0.15, -0.1) is 0 Å². The molecule has 2 fully saturated rings. The predicted octanol–water partition coefficient (Wildman–Crippen LogP) is 2.92. The van der Waals surface area contributed by atoms with Gasteiger partial charge in [-0.25, -0.2) is 4.39 Å². The van der Waals surface area contributed by atoms with Crippen molar-refractivity contribution in [3.63, 3.8) is 0 Å². The molecule has 5 heteroatoms. The Kier molecular flexibility index (Phi) is 5.23. The molecule has 0 bridgehead atoms. The molecule has 2 saturated heterocycles. The van der Waals surface area contributed by atoms with E-state index in [0.717, 1.165) is 50.4 Å². The molecule has 0 aromatic heterocycles. The van der Waals surface area contributed by atoms with Crippen LogP contribution in [-0.4, -0.2) is 61.0 Å². The SMILES string of the molecule is Cc1ccc(-c2cccc(C(=O)N3CCN(C4CCNC4)CC3)c2)cc1F. The summed E-state index contributed by atoms with van der Waals surface area (Å²) in [7, 11) is 0. The van der Waals surface area contributed by atoms with Gasteiger partial charge in [-0.05, 0) is 54.8 Å². The molecule has 0 spiro atoms. The maximum absolute atomic E-state index is 13.9. The number of nitrogens with zero attached hydrogens (tertiary/aromatic N) is 2. The van der Waals surface area contributed by atoms with Crippen LogP contribution >= 0.6 is 0 Å². The van der Waals surface area contributed by atoms with Crippen LogP contribution in [-0.2, 0) is 0 Å². The summed E-state index contributed by atoms with van der Waals surface area (Å²) in [4.78, 5) is 17.4. The number of rotatable bonds is 3. The first kappa shape index (κ1) is 18.1. The molecule has 0 radical (unpaired) electrons. The third kappa shape index (κ3) is 3.89. The van der Waals surface area contributed by atoms with E-state index < -0.39 is 0 Å². The van der Waals surface area contributed by atoms with Gasteiger partial charge in [0.25, 0.3) is 5.91 Å². The number of hydrogen-bond donors (Lipinski definition) is 1. The molecule has 2 heterocycles. The van der Waals surface area contributed by atoms with Crippen LogP contribution in [0.5, 0.6) is 0 Å². The summed E-state index contributed by atoms with van der Waals surface area (Å²) in [6.07, 6.45) is 1.20. The summed E-state index contributed by atoms with van der Waals surface area (Å²) in [5, 5.41) is 3.41. The van der Waals surface area contributed by atoms with Crippen molar-refractivity contribution in [2.45, 2.75) is 19.4 Å². The average molecular weight is 367 g/mol. The Labute approximate surface area is 160 Å². The molecule has 2 aromatic carbocycles. The number of carbonyl (C=O) groups is 1. The monoisotopic (exact) mass is 367 g/mol. The Morgan fingerprint density at radius 2 is 1.85 bits per heavy atom. The van der Waals surface area contributed by atoms with Gasteiger partial charge in [0, 0.05) is 44.3 Å². The van der Waals surface area contributed by atoms with Gasteiger partial charge in [-0.3, -0.25) is 9.69 Å². The molecular weight excluding hydrogens is 341 g/mol. The first-order chi connectivity index (χ1) is 13.1. The van der Waals surface area contributed by atoms with Crippen LogP contribution in [0.3, 0.4) is 0 Å². The third-order valence-electron chi connectivity index (χ3n) is 5.77. The van der Waals surface area contributed by atoms with Crippen molar-refractivity contribution >= 4 is 5.91 Å². The summed E-state index contributed by atoms with van der Waals surface area (Å²) >= 11 is 0. The second-order valence-electron chi connectivity index (χ2n) is 7.52. The number of aryl methyl sites for hydroxylation is 1. The van der Waals surface area contributed by atoms with Gasteiger partial charge in [-0.2, -0.15) is 0 Å². The molecule has 1 unspecified atom stereocenters. The summed E-state index contributed by atoms with van der Waals surface area (Å²) < 4.78 is 13.9. The second kappa shape index (κ2) is 7.79. The molecule has 4 nitrogen and oxygen atoms in total. The number of nitrogens with one attached hydrogen (secondary N) is 1. The van der Waals surface area contributed by atoms with E-state index in [1.54, 1.807) is 13.0 Å². The van der Waals surface area contributed by atoms with Crippen molar-refractivity contribution in [2.75, 3.05) is 39.3 Å². The maximum atomic E-state index is 13.9. The maximum Gasteiger partial charge on any atom is 0.253 e. The van der Waals surface area contributed by atoms with Gasteiger partial charge in [-0.1, -0.05) is 24.3 Å². The molecule has 4 rings (SSSR count). The zero-order valence-corrected chi connectivity index (χ0v) is 15.7. The first-order valence-electron chi connectivity index (χ1n) is 9.72. The topological polar surface area (TPSA) is 35.6 Å². The van der Waals surface area contributed by atoms with Crippen LogP contribution in [0.15, 0.2) is 42.5 Å². The Balaban J connectivity index is 1.45. The van der Waals surface area contributed by atoms with E-state index in [1.165, 1.54) is 12.5 Å². The highest BCUT2D eigenvalue weighted by Gasteiger charge is 2.28. The minimum absolute atomic E-state index is 0.0635. The van der Waals surface area contributed by atoms with E-state index >= 15 is 0 Å². The van der Waals surface area contributed by atoms with Gasteiger partial charge in [0.2, 0.25) is 0 Å². The molecule has 0 saturated carbocycles. The number of amides is 1. The third-order valence-corrected chi connectivity index (χ3v) is 5.77. The van der Waals surface area contributed by atoms with Crippen molar-refractivity contribution in [2.24, 2.45) is 0 Å². The Morgan fingerprint density at radius 1 is 1.07 bits per heavy atom. The van der Waals surface area contributed by atoms with Gasteiger partial charge in [0.1, 0.15) is 5.82 Å². The molecule has 2 aliphatic heterocycles. The average Bonchev–Trinajstić information content (AvgIpc) is 3.25. The predicted molar refractivity (Wildman–Crippen MR) is 105 cm³/mol. The number of piperazine rings is 1. The van der Waals surface area contributed by atoms with Crippen molar-refractivity contribution in [3.05, 3.63) is 59.4 Å². The standard InChI is InChI=1S/C22H26FN3O/c1-16-5-6-18(14-21(16)23)17-3-2-4-19(13-17)22(27)26-11-9-25(10-12-26)20-7-8-24-15-20/h2-6,13-14,20,24H,7-12,15H2,1H3. The molecular formula is C22H26FN3O. The van der Waals surface area contributed by atoms with Crippen molar-refractivity contribution in [1.82, 2.24) is 15.1 Å². The number of hydrogen-bond acceptors (Lipinski definition) is 3. The Morgan fingerprint density at radius 3 is 2.56 bits per heavy atom. The lowest BCUT2D eigenvalue weighted by atomic mass is 10.0. The van der Waals surface area contributed by atoms with Crippen molar-refractivity contribution in [3.8, 4) is 11.1 Å². The molecule has 2 aliphatic rings. The van der Waals surface area contributed by atoms with E-state index in [9.17, 15) is 9.18 Å². The number of halogens is 1. The summed E-state index contributed by atoms with van der Waals surface area (Å²) in [5.41, 5.74) is 2.97. The molecule has 0 aliphatic carbocycles. The molecule has 1 amide bonds. The Hall–Kier alpha value is -2.24. The van der Waals surface area contributed by atoms with Crippen LogP contribution in [0.25, 0.3) is 11.1 Å². The van der Waals surface area contributed by atoms with Crippen LogP contribution in [0.2, 0.25) is 0 Å². The van der Waals surface area contributed by atoms with E-state index in [4.69, 9.17) is 0 Å². The number of carbonyl (C=O) groups excluding carboxylic acids is 1. The minimum atomic E-state index is -0.221. The molecule has 142 valence electrons. The van der Waals surface area contributed by atoms with Crippen LogP contribution in [0.4, 0.5) is 4.39 Å². The van der Waals surface area contributed by atoms with E-state index in [1.807, 2.05) is 35.2 Å². The quantitative estimate of drug-likeness (QED) is 0.906. The van der Waals surface area contributed by atoms with Gasteiger partial charge >= 0.3 is 0 Å². The second-order valence-corrected chi connectivity index (χ2v) is 7.52.